The Morgan fingerprint density at radius 1 is 0.760 bits per heavy atom. The van der Waals surface area contributed by atoms with Gasteiger partial charge in [0.1, 0.15) is 29.8 Å². The van der Waals surface area contributed by atoms with Crippen molar-refractivity contribution in [3.05, 3.63) is 123 Å². The van der Waals surface area contributed by atoms with Crippen LogP contribution in [0.4, 0.5) is 0 Å². The predicted molar refractivity (Wildman–Crippen MR) is 302 cm³/mol. The van der Waals surface area contributed by atoms with Crippen LogP contribution in [-0.2, 0) is 27.1 Å². The van der Waals surface area contributed by atoms with Crippen molar-refractivity contribution < 1.29 is 47.7 Å². The van der Waals surface area contributed by atoms with E-state index < -0.39 is 8.32 Å². The zero-order valence-corrected chi connectivity index (χ0v) is 48.3. The Morgan fingerprint density at radius 2 is 1.28 bits per heavy atom. The molecule has 0 unspecified atom stereocenters. The minimum atomic E-state index is -1.66. The molecule has 14 nitrogen and oxygen atoms in total. The molecule has 414 valence electrons. The molecule has 75 heavy (non-hydrogen) atoms. The summed E-state index contributed by atoms with van der Waals surface area (Å²) >= 11 is 12.2. The second-order valence-corrected chi connectivity index (χ2v) is 26.4. The Labute approximate surface area is 457 Å². The van der Waals surface area contributed by atoms with Crippen LogP contribution in [-0.4, -0.2) is 87.5 Å². The molecule has 2 saturated carbocycles. The Morgan fingerprint density at radius 3 is 1.75 bits per heavy atom. The van der Waals surface area contributed by atoms with Crippen molar-refractivity contribution >= 4 is 55.9 Å². The molecule has 6 rings (SSSR count). The SMILES string of the molecule is CC(C)(C)[Si](C)(C)OCC=O.CC(C)Oc1ccc(C(=O)NN(CCO)Cc2ccc(OCC3CCCCC3)cc2)cc1Cl.CC(C)Oc1ccc(C(=O)NN)cc1Cl.O=Cc1ccc(COC2CCCCC2)cc1. The van der Waals surface area contributed by atoms with Crippen molar-refractivity contribution in [2.75, 3.05) is 26.4 Å². The Balaban J connectivity index is 0.000000294. The number of hydrogen-bond acceptors (Lipinski definition) is 12. The van der Waals surface area contributed by atoms with Gasteiger partial charge in [0.2, 0.25) is 0 Å². The number of nitrogens with one attached hydrogen (secondary N) is 2. The number of halogens is 2. The van der Waals surface area contributed by atoms with Gasteiger partial charge in [0.15, 0.2) is 8.32 Å². The third-order valence-corrected chi connectivity index (χ3v) is 17.9. The fourth-order valence-corrected chi connectivity index (χ4v) is 9.01. The molecule has 0 saturated heterocycles. The van der Waals surface area contributed by atoms with E-state index in [1.807, 2.05) is 81.7 Å². The largest absolute Gasteiger partial charge is 0.493 e. The average molecular weight is 1100 g/mol. The number of nitrogen functional groups attached to an aromatic ring is 1. The number of amides is 2. The van der Waals surface area contributed by atoms with Gasteiger partial charge >= 0.3 is 0 Å². The second kappa shape index (κ2) is 34.0. The normalized spacial score (nSPS) is 14.0. The number of ether oxygens (including phenoxy) is 4. The molecule has 0 radical (unpaired) electrons. The van der Waals surface area contributed by atoms with Crippen LogP contribution in [0.2, 0.25) is 28.2 Å². The summed E-state index contributed by atoms with van der Waals surface area (Å²) in [6.45, 7) is 20.7. The van der Waals surface area contributed by atoms with E-state index in [2.05, 4.69) is 39.3 Å². The van der Waals surface area contributed by atoms with Gasteiger partial charge in [0.25, 0.3) is 11.8 Å². The van der Waals surface area contributed by atoms with Crippen LogP contribution in [0.25, 0.3) is 0 Å². The third kappa shape index (κ3) is 24.8. The molecule has 0 atom stereocenters. The van der Waals surface area contributed by atoms with Crippen molar-refractivity contribution in [3.63, 3.8) is 0 Å². The molecule has 0 heterocycles. The molecule has 17 heteroatoms. The molecule has 0 bridgehead atoms. The van der Waals surface area contributed by atoms with Gasteiger partial charge < -0.3 is 33.3 Å². The Kier molecular flexibility index (Phi) is 29.2. The van der Waals surface area contributed by atoms with E-state index in [4.69, 9.17) is 52.4 Å². The highest BCUT2D eigenvalue weighted by Gasteiger charge is 2.36. The average Bonchev–Trinajstić information content (AvgIpc) is 3.39. The summed E-state index contributed by atoms with van der Waals surface area (Å²) in [5.74, 6) is 6.94. The zero-order chi connectivity index (χ0) is 55.4. The van der Waals surface area contributed by atoms with E-state index >= 15 is 0 Å². The zero-order valence-electron chi connectivity index (χ0n) is 45.8. The van der Waals surface area contributed by atoms with Crippen LogP contribution in [0.3, 0.4) is 0 Å². The quantitative estimate of drug-likeness (QED) is 0.0204. The van der Waals surface area contributed by atoms with Crippen LogP contribution in [0, 0.1) is 5.92 Å². The Bertz CT molecular complexity index is 2300. The van der Waals surface area contributed by atoms with Gasteiger partial charge in [0.05, 0.1) is 54.8 Å². The predicted octanol–water partition coefficient (Wildman–Crippen LogP) is 12.5. The van der Waals surface area contributed by atoms with Gasteiger partial charge in [-0.3, -0.25) is 25.2 Å². The monoisotopic (exact) mass is 1090 g/mol. The highest BCUT2D eigenvalue weighted by molar-refractivity contribution is 6.74. The van der Waals surface area contributed by atoms with Gasteiger partial charge in [0, 0.05) is 29.8 Å². The van der Waals surface area contributed by atoms with Gasteiger partial charge in [-0.05, 0) is 137 Å². The van der Waals surface area contributed by atoms with E-state index in [1.165, 1.54) is 70.3 Å². The lowest BCUT2D eigenvalue weighted by Gasteiger charge is -2.35. The summed E-state index contributed by atoms with van der Waals surface area (Å²) in [4.78, 5) is 44.5. The molecule has 2 aliphatic carbocycles. The lowest BCUT2D eigenvalue weighted by Crippen LogP contribution is -2.43. The summed E-state index contributed by atoms with van der Waals surface area (Å²) in [7, 11) is -1.66. The number of carbonyl (C=O) groups is 4. The molecule has 0 aliphatic heterocycles. The molecule has 4 aromatic carbocycles. The third-order valence-electron chi connectivity index (χ3n) is 12.9. The molecule has 2 amide bonds. The van der Waals surface area contributed by atoms with Crippen LogP contribution in [0.1, 0.15) is 155 Å². The number of nitrogens with two attached hydrogens (primary N) is 1. The maximum absolute atomic E-state index is 12.7. The standard InChI is InChI=1S/C26H35ClN2O4.C14H18O2.C10H13ClN2O2.C8H18O2Si/c1-19(2)33-25-13-10-22(16-24(25)27)26(31)28-29(14-15-30)17-20-8-11-23(12-9-20)32-18-21-6-4-3-5-7-21;15-10-12-6-8-13(9-7-12)11-16-14-4-2-1-3-5-14;1-6(2)15-9-4-3-7(5-8(9)11)10(14)13-12;1-8(2,3)11(4,5)10-7-6-9/h8-13,16,19,21,30H,3-7,14-15,17-18H2,1-2H3,(H,28,31);6-10,14H,1-5,11H2;3-6H,12H2,1-2H3,(H,13,14);6H,7H2,1-5H3. The van der Waals surface area contributed by atoms with Crippen LogP contribution < -0.4 is 30.9 Å². The summed E-state index contributed by atoms with van der Waals surface area (Å²) in [6.07, 6.45) is 15.0. The van der Waals surface area contributed by atoms with Crippen molar-refractivity contribution in [1.29, 1.82) is 0 Å². The summed E-state index contributed by atoms with van der Waals surface area (Å²) < 4.78 is 28.4. The number of aliphatic hydroxyl groups is 1. The van der Waals surface area contributed by atoms with Crippen LogP contribution in [0.15, 0.2) is 84.9 Å². The molecule has 5 N–H and O–H groups in total. The van der Waals surface area contributed by atoms with E-state index in [0.29, 0.717) is 64.4 Å². The van der Waals surface area contributed by atoms with Gasteiger partial charge in [-0.15, -0.1) is 0 Å². The van der Waals surface area contributed by atoms with Crippen LogP contribution in [0.5, 0.6) is 17.2 Å². The molecule has 2 fully saturated rings. The number of hydrogen-bond donors (Lipinski definition) is 4. The van der Waals surface area contributed by atoms with E-state index in [-0.39, 0.29) is 42.3 Å². The maximum Gasteiger partial charge on any atom is 0.265 e. The van der Waals surface area contributed by atoms with Crippen molar-refractivity contribution in [3.8, 4) is 17.2 Å². The number of nitrogens with zero attached hydrogens (tertiary/aromatic N) is 1. The van der Waals surface area contributed by atoms with Gasteiger partial charge in [-0.1, -0.05) is 119 Å². The second-order valence-electron chi connectivity index (χ2n) is 20.8. The minimum absolute atomic E-state index is 0.00808. The molecule has 2 aliphatic rings. The van der Waals surface area contributed by atoms with E-state index in [9.17, 15) is 24.3 Å². The van der Waals surface area contributed by atoms with Crippen molar-refractivity contribution in [2.45, 2.75) is 162 Å². The highest BCUT2D eigenvalue weighted by atomic mass is 35.5. The number of aldehydes is 2. The number of aliphatic hydroxyl groups excluding tert-OH is 1. The first-order valence-corrected chi connectivity index (χ1v) is 29.9. The highest BCUT2D eigenvalue weighted by Crippen LogP contribution is 2.36. The first-order valence-electron chi connectivity index (χ1n) is 26.2. The van der Waals surface area contributed by atoms with E-state index in [1.54, 1.807) is 35.3 Å². The first kappa shape index (κ1) is 64.4. The molecule has 4 aromatic rings. The lowest BCUT2D eigenvalue weighted by atomic mass is 9.90. The lowest BCUT2D eigenvalue weighted by molar-refractivity contribution is -0.109. The fourth-order valence-electron chi connectivity index (χ4n) is 7.65. The number of hydrazine groups is 2. The van der Waals surface area contributed by atoms with Crippen LogP contribution >= 0.6 is 23.2 Å². The fraction of sp³-hybridized carbons (Fsp3) is 0.517. The van der Waals surface area contributed by atoms with Gasteiger partial charge in [-0.25, -0.2) is 10.9 Å². The van der Waals surface area contributed by atoms with Crippen molar-refractivity contribution in [2.24, 2.45) is 11.8 Å². The summed E-state index contributed by atoms with van der Waals surface area (Å²) in [5.41, 5.74) is 8.59. The number of benzene rings is 4. The maximum atomic E-state index is 12.7. The summed E-state index contributed by atoms with van der Waals surface area (Å²) in [5, 5.41) is 12.1. The first-order chi connectivity index (χ1) is 35.7. The Hall–Kier alpha value is -4.84. The minimum Gasteiger partial charge on any atom is -0.493 e. The number of rotatable bonds is 21. The van der Waals surface area contributed by atoms with Crippen molar-refractivity contribution in [1.82, 2.24) is 15.9 Å². The molecular weight excluding hydrogens is 1010 g/mol. The molecule has 0 aromatic heterocycles. The molecule has 0 spiro atoms. The smallest absolute Gasteiger partial charge is 0.265 e. The summed E-state index contributed by atoms with van der Waals surface area (Å²) in [6, 6.07) is 25.2. The van der Waals surface area contributed by atoms with E-state index in [0.717, 1.165) is 41.6 Å². The molecular formula is C58H84Cl2N4O10Si. The van der Waals surface area contributed by atoms with Gasteiger partial charge in [-0.2, -0.15) is 0 Å². The number of carbonyl (C=O) groups excluding carboxylic acids is 4. The topological polar surface area (TPSA) is 188 Å².